The number of halogens is 5. The zero-order chi connectivity index (χ0) is 28.7. The molecule has 0 spiro atoms. The third-order valence-corrected chi connectivity index (χ3v) is 5.65. The molecule has 0 aromatic heterocycles. The first-order chi connectivity index (χ1) is 18.5. The lowest BCUT2D eigenvalue weighted by Crippen LogP contribution is -2.36. The van der Waals surface area contributed by atoms with Crippen molar-refractivity contribution in [3.05, 3.63) is 65.7 Å². The zero-order valence-electron chi connectivity index (χ0n) is 21.8. The van der Waals surface area contributed by atoms with Crippen molar-refractivity contribution < 1.29 is 45.8 Å². The second kappa shape index (κ2) is 15.9. The highest BCUT2D eigenvalue weighted by molar-refractivity contribution is 5.91. The predicted molar refractivity (Wildman–Crippen MR) is 137 cm³/mol. The molecular formula is C29H33F5O5. The second-order valence-electron chi connectivity index (χ2n) is 8.91. The molecule has 10 heteroatoms. The lowest BCUT2D eigenvalue weighted by molar-refractivity contribution is -0.284. The van der Waals surface area contributed by atoms with Crippen LogP contribution in [0.4, 0.5) is 22.0 Å². The summed E-state index contributed by atoms with van der Waals surface area (Å²) in [5.41, 5.74) is 0.892. The number of benzene rings is 2. The first kappa shape index (κ1) is 31.8. The topological polar surface area (TPSA) is 61.8 Å². The summed E-state index contributed by atoms with van der Waals surface area (Å²) in [6.45, 7) is 2.21. The van der Waals surface area contributed by atoms with Gasteiger partial charge in [-0.3, -0.25) is 0 Å². The molecule has 0 aliphatic rings. The Hall–Kier alpha value is -3.43. The number of hydrogen-bond acceptors (Lipinski definition) is 5. The van der Waals surface area contributed by atoms with Crippen LogP contribution in [0.5, 0.6) is 11.5 Å². The van der Waals surface area contributed by atoms with Crippen LogP contribution >= 0.6 is 0 Å². The highest BCUT2D eigenvalue weighted by Crippen LogP contribution is 2.38. The van der Waals surface area contributed by atoms with Crippen molar-refractivity contribution in [1.29, 1.82) is 0 Å². The molecule has 0 aliphatic heterocycles. The van der Waals surface area contributed by atoms with Crippen molar-refractivity contribution in [3.8, 4) is 11.5 Å². The number of carbonyl (C=O) groups is 2. The Kier molecular flexibility index (Phi) is 12.9. The first-order valence-corrected chi connectivity index (χ1v) is 12.9. The molecular weight excluding hydrogens is 523 g/mol. The Morgan fingerprint density at radius 3 is 2.03 bits per heavy atom. The van der Waals surface area contributed by atoms with Crippen molar-refractivity contribution in [2.45, 2.75) is 70.4 Å². The highest BCUT2D eigenvalue weighted by Gasteiger charge is 2.56. The van der Waals surface area contributed by atoms with Crippen LogP contribution in [0.3, 0.4) is 0 Å². The van der Waals surface area contributed by atoms with Crippen molar-refractivity contribution in [2.24, 2.45) is 0 Å². The van der Waals surface area contributed by atoms with Crippen LogP contribution < -0.4 is 9.47 Å². The number of hydrogen-bond donors (Lipinski definition) is 0. The van der Waals surface area contributed by atoms with E-state index in [4.69, 9.17) is 14.2 Å². The number of unbranched alkanes of at least 4 members (excludes halogenated alkanes) is 5. The molecule has 5 nitrogen and oxygen atoms in total. The molecule has 2 aromatic carbocycles. The SMILES string of the molecule is CCCCCCCCOC(=O)C=Cc1ccc(OC(=O)c2ccc(OCCCC(F)(F)C(F)(F)F)cc2)cc1. The summed E-state index contributed by atoms with van der Waals surface area (Å²) in [5.74, 6) is -5.37. The van der Waals surface area contributed by atoms with Gasteiger partial charge in [0.05, 0.1) is 18.8 Å². The average molecular weight is 557 g/mol. The summed E-state index contributed by atoms with van der Waals surface area (Å²) in [4.78, 5) is 24.2. The van der Waals surface area contributed by atoms with Gasteiger partial charge in [-0.1, -0.05) is 51.2 Å². The summed E-state index contributed by atoms with van der Waals surface area (Å²) in [7, 11) is 0. The number of rotatable bonds is 16. The van der Waals surface area contributed by atoms with Gasteiger partial charge in [-0.25, -0.2) is 9.59 Å². The van der Waals surface area contributed by atoms with E-state index >= 15 is 0 Å². The zero-order valence-corrected chi connectivity index (χ0v) is 21.8. The van der Waals surface area contributed by atoms with Crippen LogP contribution in [0.2, 0.25) is 0 Å². The van der Waals surface area contributed by atoms with E-state index in [1.807, 2.05) is 0 Å². The third-order valence-electron chi connectivity index (χ3n) is 5.65. The van der Waals surface area contributed by atoms with E-state index in [1.54, 1.807) is 30.3 Å². The number of carbonyl (C=O) groups excluding carboxylic acids is 2. The normalized spacial score (nSPS) is 11.9. The minimum atomic E-state index is -5.59. The first-order valence-electron chi connectivity index (χ1n) is 12.9. The van der Waals surface area contributed by atoms with Gasteiger partial charge in [-0.15, -0.1) is 0 Å². The molecule has 0 N–H and O–H groups in total. The van der Waals surface area contributed by atoms with Gasteiger partial charge in [-0.2, -0.15) is 22.0 Å². The molecule has 0 fully saturated rings. The Bertz CT molecular complexity index is 1050. The van der Waals surface area contributed by atoms with Crippen LogP contribution in [-0.2, 0) is 9.53 Å². The van der Waals surface area contributed by atoms with E-state index in [0.29, 0.717) is 12.2 Å². The Balaban J connectivity index is 1.73. The van der Waals surface area contributed by atoms with Crippen molar-refractivity contribution in [2.75, 3.05) is 13.2 Å². The monoisotopic (exact) mass is 556 g/mol. The summed E-state index contributed by atoms with van der Waals surface area (Å²) < 4.78 is 78.0. The molecule has 0 atom stereocenters. The molecule has 214 valence electrons. The molecule has 39 heavy (non-hydrogen) atoms. The molecule has 0 amide bonds. The fourth-order valence-corrected chi connectivity index (χ4v) is 3.39. The Morgan fingerprint density at radius 1 is 0.769 bits per heavy atom. The van der Waals surface area contributed by atoms with Gasteiger partial charge in [0.1, 0.15) is 11.5 Å². The van der Waals surface area contributed by atoms with Crippen LogP contribution in [0.15, 0.2) is 54.6 Å². The Labute approximate surface area is 224 Å². The number of alkyl halides is 5. The van der Waals surface area contributed by atoms with Gasteiger partial charge in [0, 0.05) is 12.5 Å². The molecule has 2 rings (SSSR count). The quantitative estimate of drug-likeness (QED) is 0.0686. The third kappa shape index (κ3) is 11.9. The molecule has 0 bridgehead atoms. The van der Waals surface area contributed by atoms with Gasteiger partial charge >= 0.3 is 24.0 Å². The van der Waals surface area contributed by atoms with E-state index in [0.717, 1.165) is 19.3 Å². The molecule has 0 unspecified atom stereocenters. The van der Waals surface area contributed by atoms with Crippen LogP contribution in [0.1, 0.15) is 74.2 Å². The fraction of sp³-hybridized carbons (Fsp3) is 0.448. The number of esters is 2. The minimum absolute atomic E-state index is 0.183. The van der Waals surface area contributed by atoms with Crippen molar-refractivity contribution >= 4 is 18.0 Å². The standard InChI is InChI=1S/C29H33F5O5/c1-2-3-4-5-6-7-20-38-26(35)18-11-22-9-14-25(15-10-22)39-27(36)23-12-16-24(17-13-23)37-21-8-19-28(30,31)29(32,33)34/h9-18H,2-8,19-21H2,1H3. The molecule has 2 aromatic rings. The largest absolute Gasteiger partial charge is 0.494 e. The molecule has 0 aliphatic carbocycles. The predicted octanol–water partition coefficient (Wildman–Crippen LogP) is 8.18. The van der Waals surface area contributed by atoms with Gasteiger partial charge in [0.15, 0.2) is 0 Å². The van der Waals surface area contributed by atoms with Crippen LogP contribution in [-0.4, -0.2) is 37.3 Å². The van der Waals surface area contributed by atoms with Gasteiger partial charge in [0.25, 0.3) is 0 Å². The fourth-order valence-electron chi connectivity index (χ4n) is 3.39. The van der Waals surface area contributed by atoms with E-state index in [2.05, 4.69) is 6.92 Å². The van der Waals surface area contributed by atoms with Crippen LogP contribution in [0.25, 0.3) is 6.08 Å². The number of ether oxygens (including phenoxy) is 3. The maximum absolute atomic E-state index is 12.9. The Morgan fingerprint density at radius 2 is 1.38 bits per heavy atom. The van der Waals surface area contributed by atoms with E-state index in [1.165, 1.54) is 49.6 Å². The van der Waals surface area contributed by atoms with Gasteiger partial charge in [0.2, 0.25) is 0 Å². The molecule has 0 saturated carbocycles. The molecule has 0 radical (unpaired) electrons. The average Bonchev–Trinajstić information content (AvgIpc) is 2.90. The smallest absolute Gasteiger partial charge is 0.453 e. The lowest BCUT2D eigenvalue weighted by Gasteiger charge is -2.19. The van der Waals surface area contributed by atoms with Gasteiger partial charge in [-0.05, 0) is 60.9 Å². The maximum Gasteiger partial charge on any atom is 0.453 e. The molecule has 0 heterocycles. The summed E-state index contributed by atoms with van der Waals surface area (Å²) in [6.07, 6.45) is 2.09. The summed E-state index contributed by atoms with van der Waals surface area (Å²) in [6, 6.07) is 12.0. The second-order valence-corrected chi connectivity index (χ2v) is 8.91. The molecule has 0 saturated heterocycles. The van der Waals surface area contributed by atoms with E-state index in [9.17, 15) is 31.5 Å². The van der Waals surface area contributed by atoms with Crippen LogP contribution in [0, 0.1) is 0 Å². The highest BCUT2D eigenvalue weighted by atomic mass is 19.4. The van der Waals surface area contributed by atoms with Crippen molar-refractivity contribution in [1.82, 2.24) is 0 Å². The summed E-state index contributed by atoms with van der Waals surface area (Å²) in [5, 5.41) is 0. The van der Waals surface area contributed by atoms with E-state index in [-0.39, 0.29) is 23.7 Å². The maximum atomic E-state index is 12.9. The van der Waals surface area contributed by atoms with E-state index < -0.39 is 36.9 Å². The summed E-state index contributed by atoms with van der Waals surface area (Å²) >= 11 is 0. The van der Waals surface area contributed by atoms with Crippen molar-refractivity contribution in [3.63, 3.8) is 0 Å². The minimum Gasteiger partial charge on any atom is -0.494 e. The lowest BCUT2D eigenvalue weighted by atomic mass is 10.1. The van der Waals surface area contributed by atoms with Gasteiger partial charge < -0.3 is 14.2 Å².